The summed E-state index contributed by atoms with van der Waals surface area (Å²) in [5, 5.41) is 4.17. The molecule has 9 heteroatoms. The molecule has 0 aliphatic carbocycles. The summed E-state index contributed by atoms with van der Waals surface area (Å²) in [6.45, 7) is 3.62. The van der Waals surface area contributed by atoms with E-state index in [0.29, 0.717) is 38.8 Å². The van der Waals surface area contributed by atoms with Crippen LogP contribution in [0, 0.1) is 5.92 Å². The van der Waals surface area contributed by atoms with Crippen molar-refractivity contribution in [3.8, 4) is 0 Å². The van der Waals surface area contributed by atoms with Crippen LogP contribution in [0.3, 0.4) is 0 Å². The van der Waals surface area contributed by atoms with E-state index in [1.807, 2.05) is 4.90 Å². The lowest BCUT2D eigenvalue weighted by molar-refractivity contribution is -0.171. The minimum absolute atomic E-state index is 0.0970. The van der Waals surface area contributed by atoms with Gasteiger partial charge in [-0.05, 0) is 35.2 Å². The van der Waals surface area contributed by atoms with Crippen LogP contribution in [-0.2, 0) is 14.3 Å². The van der Waals surface area contributed by atoms with Crippen LogP contribution >= 0.6 is 15.9 Å². The van der Waals surface area contributed by atoms with E-state index in [1.165, 1.54) is 0 Å². The van der Waals surface area contributed by atoms with Crippen molar-refractivity contribution in [3.63, 3.8) is 0 Å². The minimum atomic E-state index is -0.0970. The number of ether oxygens (including phenoxy) is 2. The van der Waals surface area contributed by atoms with Crippen LogP contribution in [-0.4, -0.2) is 61.4 Å². The molecule has 0 saturated carbocycles. The smallest absolute Gasteiger partial charge is 0.226 e. The third-order valence-electron chi connectivity index (χ3n) is 4.13. The average molecular weight is 414 g/mol. The highest BCUT2D eigenvalue weighted by Gasteiger charge is 2.25. The number of hydrogen-bond donors (Lipinski definition) is 1. The van der Waals surface area contributed by atoms with Crippen molar-refractivity contribution in [2.75, 3.05) is 44.4 Å². The summed E-state index contributed by atoms with van der Waals surface area (Å²) in [4.78, 5) is 16.0. The largest absolute Gasteiger partial charge is 0.395 e. The summed E-state index contributed by atoms with van der Waals surface area (Å²) in [6, 6.07) is 0. The molecule has 2 aliphatic rings. The normalized spacial score (nSPS) is 21.6. The van der Waals surface area contributed by atoms with E-state index < -0.39 is 0 Å². The van der Waals surface area contributed by atoms with Gasteiger partial charge in [-0.3, -0.25) is 0 Å². The number of rotatable bonds is 8. The first-order valence-corrected chi connectivity index (χ1v) is 9.37. The molecule has 0 bridgehead atoms. The second-order valence-electron chi connectivity index (χ2n) is 6.24. The Bertz CT molecular complexity index is 557. The van der Waals surface area contributed by atoms with Crippen LogP contribution in [0.1, 0.15) is 19.3 Å². The third-order valence-corrected chi connectivity index (χ3v) is 4.54. The number of hydrogen-bond acceptors (Lipinski definition) is 8. The summed E-state index contributed by atoms with van der Waals surface area (Å²) < 4.78 is 12.2. The maximum atomic E-state index is 5.78. The molecule has 2 saturated heterocycles. The first-order valence-electron chi connectivity index (χ1n) is 8.58. The topological polar surface area (TPSA) is 95.1 Å². The maximum absolute atomic E-state index is 5.78. The van der Waals surface area contributed by atoms with Crippen molar-refractivity contribution in [3.05, 3.63) is 16.9 Å². The molecule has 3 heterocycles. The van der Waals surface area contributed by atoms with Crippen molar-refractivity contribution >= 4 is 27.6 Å². The molecule has 0 spiro atoms. The number of aromatic nitrogens is 2. The quantitative estimate of drug-likeness (QED) is 0.645. The Morgan fingerprint density at radius 3 is 2.80 bits per heavy atom. The van der Waals surface area contributed by atoms with Crippen molar-refractivity contribution < 1.29 is 14.3 Å². The molecule has 2 fully saturated rings. The van der Waals surface area contributed by atoms with E-state index in [0.717, 1.165) is 36.1 Å². The van der Waals surface area contributed by atoms with E-state index in [9.17, 15) is 0 Å². The first kappa shape index (κ1) is 18.5. The number of anilines is 1. The van der Waals surface area contributed by atoms with Gasteiger partial charge < -0.3 is 24.9 Å². The van der Waals surface area contributed by atoms with Crippen LogP contribution in [0.4, 0.5) is 5.95 Å². The molecule has 138 valence electrons. The zero-order valence-electron chi connectivity index (χ0n) is 14.1. The summed E-state index contributed by atoms with van der Waals surface area (Å²) in [5.41, 5.74) is 6.76. The fraction of sp³-hybridized carbons (Fsp3) is 0.688. The Hall–Kier alpha value is -1.29. The first-order chi connectivity index (χ1) is 12.2. The number of oxime groups is 1. The number of halogens is 1. The Kier molecular flexibility index (Phi) is 6.97. The van der Waals surface area contributed by atoms with Gasteiger partial charge in [0.15, 0.2) is 6.29 Å². The minimum Gasteiger partial charge on any atom is -0.395 e. The predicted molar refractivity (Wildman–Crippen MR) is 97.4 cm³/mol. The van der Waals surface area contributed by atoms with Gasteiger partial charge in [-0.15, -0.1) is 0 Å². The van der Waals surface area contributed by atoms with Crippen LogP contribution in [0.2, 0.25) is 0 Å². The fourth-order valence-electron chi connectivity index (χ4n) is 2.57. The highest BCUT2D eigenvalue weighted by atomic mass is 79.9. The third kappa shape index (κ3) is 5.60. The van der Waals surface area contributed by atoms with Crippen molar-refractivity contribution in [1.82, 2.24) is 9.97 Å². The lowest BCUT2D eigenvalue weighted by Crippen LogP contribution is -2.48. The second kappa shape index (κ2) is 9.42. The van der Waals surface area contributed by atoms with Gasteiger partial charge in [0.25, 0.3) is 0 Å². The van der Waals surface area contributed by atoms with Crippen molar-refractivity contribution in [2.24, 2.45) is 16.8 Å². The Balaban J connectivity index is 1.34. The zero-order chi connectivity index (χ0) is 17.5. The van der Waals surface area contributed by atoms with E-state index >= 15 is 0 Å². The van der Waals surface area contributed by atoms with E-state index in [4.69, 9.17) is 20.0 Å². The van der Waals surface area contributed by atoms with E-state index in [-0.39, 0.29) is 12.2 Å². The van der Waals surface area contributed by atoms with Gasteiger partial charge in [-0.25, -0.2) is 9.97 Å². The average Bonchev–Trinajstić information content (AvgIpc) is 2.61. The van der Waals surface area contributed by atoms with Crippen molar-refractivity contribution in [1.29, 1.82) is 0 Å². The highest BCUT2D eigenvalue weighted by Crippen LogP contribution is 2.17. The van der Waals surface area contributed by atoms with Gasteiger partial charge in [0, 0.05) is 31.5 Å². The van der Waals surface area contributed by atoms with Crippen LogP contribution in [0.15, 0.2) is 22.0 Å². The summed E-state index contributed by atoms with van der Waals surface area (Å²) in [6.07, 6.45) is 6.59. The van der Waals surface area contributed by atoms with Gasteiger partial charge in [0.1, 0.15) is 6.61 Å². The highest BCUT2D eigenvalue weighted by molar-refractivity contribution is 9.10. The number of nitrogens with zero attached hydrogens (tertiary/aromatic N) is 4. The Morgan fingerprint density at radius 2 is 2.12 bits per heavy atom. The lowest BCUT2D eigenvalue weighted by Gasteiger charge is -2.31. The molecular weight excluding hydrogens is 390 g/mol. The Labute approximate surface area is 155 Å². The SMILES string of the molecule is NCC(CON=C1CN(c2ncc(Br)cn2)C1)COC1CCCCO1. The van der Waals surface area contributed by atoms with Gasteiger partial charge in [-0.2, -0.15) is 0 Å². The van der Waals surface area contributed by atoms with Crippen LogP contribution in [0.5, 0.6) is 0 Å². The molecular formula is C16H24BrN5O3. The molecule has 0 radical (unpaired) electrons. The fourth-order valence-corrected chi connectivity index (χ4v) is 2.77. The summed E-state index contributed by atoms with van der Waals surface area (Å²) in [5.74, 6) is 0.809. The molecule has 1 aromatic rings. The molecule has 2 N–H and O–H groups in total. The molecule has 1 aromatic heterocycles. The van der Waals surface area contributed by atoms with Gasteiger partial charge >= 0.3 is 0 Å². The second-order valence-corrected chi connectivity index (χ2v) is 7.16. The summed E-state index contributed by atoms with van der Waals surface area (Å²) >= 11 is 3.32. The predicted octanol–water partition coefficient (Wildman–Crippen LogP) is 1.55. The number of nitrogens with two attached hydrogens (primary N) is 1. The molecule has 25 heavy (non-hydrogen) atoms. The van der Waals surface area contributed by atoms with Gasteiger partial charge in [0.2, 0.25) is 5.95 Å². The zero-order valence-corrected chi connectivity index (χ0v) is 15.7. The van der Waals surface area contributed by atoms with E-state index in [1.54, 1.807) is 12.4 Å². The van der Waals surface area contributed by atoms with Gasteiger partial charge in [0.05, 0.1) is 29.9 Å². The molecule has 0 amide bonds. The standard InChI is InChI=1S/C16H24BrN5O3/c17-13-6-19-16(20-7-13)22-8-14(9-22)21-25-11-12(5-18)10-24-15-3-1-2-4-23-15/h6-7,12,15H,1-5,8-11,18H2. The molecule has 3 rings (SSSR count). The Morgan fingerprint density at radius 1 is 1.32 bits per heavy atom. The molecule has 8 nitrogen and oxygen atoms in total. The van der Waals surface area contributed by atoms with Crippen LogP contribution in [0.25, 0.3) is 0 Å². The lowest BCUT2D eigenvalue weighted by atomic mass is 10.2. The molecule has 0 aromatic carbocycles. The molecule has 2 aliphatic heterocycles. The molecule has 2 unspecified atom stereocenters. The van der Waals surface area contributed by atoms with Gasteiger partial charge in [-0.1, -0.05) is 5.16 Å². The van der Waals surface area contributed by atoms with Crippen molar-refractivity contribution in [2.45, 2.75) is 25.6 Å². The maximum Gasteiger partial charge on any atom is 0.226 e. The van der Waals surface area contributed by atoms with E-state index in [2.05, 4.69) is 31.1 Å². The van der Waals surface area contributed by atoms with Crippen LogP contribution < -0.4 is 10.6 Å². The summed E-state index contributed by atoms with van der Waals surface area (Å²) in [7, 11) is 0. The monoisotopic (exact) mass is 413 g/mol. The molecule has 2 atom stereocenters.